The Bertz CT molecular complexity index is 2450. The van der Waals surface area contributed by atoms with Crippen molar-refractivity contribution in [2.45, 2.75) is 230 Å². The molecular formula is C64H113N11O13. The molecule has 0 spiro atoms. The van der Waals surface area contributed by atoms with Gasteiger partial charge >= 0.3 is 5.97 Å². The molecule has 502 valence electrons. The van der Waals surface area contributed by atoms with Crippen molar-refractivity contribution in [1.82, 2.24) is 55.6 Å². The maximum atomic E-state index is 15.4. The average molecular weight is 1240 g/mol. The minimum Gasteiger partial charge on any atom is -0.459 e. The van der Waals surface area contributed by atoms with E-state index in [4.69, 9.17) is 4.74 Å². The van der Waals surface area contributed by atoms with Crippen molar-refractivity contribution in [3.8, 4) is 0 Å². The second-order valence-electron chi connectivity index (χ2n) is 26.7. The van der Waals surface area contributed by atoms with E-state index in [1.54, 1.807) is 54.5 Å². The minimum atomic E-state index is -1.61. The van der Waals surface area contributed by atoms with Crippen molar-refractivity contribution in [3.05, 3.63) is 12.2 Å². The van der Waals surface area contributed by atoms with Crippen LogP contribution in [-0.2, 0) is 62.3 Å². The van der Waals surface area contributed by atoms with Crippen LogP contribution in [0.15, 0.2) is 12.2 Å². The van der Waals surface area contributed by atoms with Crippen LogP contribution in [0.3, 0.4) is 0 Å². The Hall–Kier alpha value is -6.62. The van der Waals surface area contributed by atoms with E-state index in [1.165, 1.54) is 94.6 Å². The van der Waals surface area contributed by atoms with Crippen LogP contribution in [0.2, 0.25) is 0 Å². The molecule has 12 atom stereocenters. The highest BCUT2D eigenvalue weighted by molar-refractivity contribution is 5.99. The van der Waals surface area contributed by atoms with E-state index in [9.17, 15) is 38.4 Å². The lowest BCUT2D eigenvalue weighted by Gasteiger charge is -2.42. The van der Waals surface area contributed by atoms with E-state index in [0.717, 1.165) is 9.80 Å². The highest BCUT2D eigenvalue weighted by Gasteiger charge is 2.47. The fourth-order valence-corrected chi connectivity index (χ4v) is 11.0. The molecule has 1 saturated heterocycles. The largest absolute Gasteiger partial charge is 0.459 e. The van der Waals surface area contributed by atoms with Gasteiger partial charge in [-0.25, -0.2) is 0 Å². The van der Waals surface area contributed by atoms with Crippen LogP contribution in [0.25, 0.3) is 0 Å². The Balaban J connectivity index is 4.43. The molecule has 0 aromatic rings. The number of allylic oxidation sites excluding steroid dienone is 2. The second-order valence-corrected chi connectivity index (χ2v) is 26.7. The molecule has 0 aromatic carbocycles. The van der Waals surface area contributed by atoms with Gasteiger partial charge in [-0.3, -0.25) is 57.5 Å². The standard InChI is InChI=1S/C64H113N11O13/c1-26-28-29-41(15)54(88-44(18)76)53-58(81)67-45(27-2)60(83)69(19)34-50(77)70(20)46(30-35(3)4)57(80)68-51(39(11)12)63(86)71(21)47(31-36(5)6)56(79)65-42(16)55(78)66-43(17)59(82)72(22)48(32-37(7)8)61(84)73(23)49(33-38(9)10)62(85)74(24)52(40(13)14)64(87)75(53)25/h26,28,35-43,45-49,51-54H,27,29-34H2,1-25H3,(H,65,79)(H,66,78)(H,67,81)(H,68,80)/t41-,42+,43-,45+,46+,47+,48+,49+,51+,52+,53+,54-/m1/s1. The monoisotopic (exact) mass is 1240 g/mol. The molecule has 24 heteroatoms. The highest BCUT2D eigenvalue weighted by atomic mass is 16.5. The van der Waals surface area contributed by atoms with Gasteiger partial charge in [0.05, 0.1) is 6.54 Å². The third kappa shape index (κ3) is 22.5. The summed E-state index contributed by atoms with van der Waals surface area (Å²) >= 11 is 0. The summed E-state index contributed by atoms with van der Waals surface area (Å²) in [6, 6.07) is -12.5. The van der Waals surface area contributed by atoms with Crippen LogP contribution >= 0.6 is 0 Å². The van der Waals surface area contributed by atoms with Crippen LogP contribution in [-0.4, -0.2) is 228 Å². The lowest BCUT2D eigenvalue weighted by atomic mass is 9.91. The molecule has 0 unspecified atom stereocenters. The molecule has 1 aliphatic heterocycles. The van der Waals surface area contributed by atoms with Crippen molar-refractivity contribution < 1.29 is 62.3 Å². The van der Waals surface area contributed by atoms with E-state index in [-0.39, 0.29) is 55.8 Å². The summed E-state index contributed by atoms with van der Waals surface area (Å²) < 4.78 is 5.93. The normalized spacial score (nSPS) is 26.3. The van der Waals surface area contributed by atoms with Gasteiger partial charge < -0.3 is 60.3 Å². The molecular weight excluding hydrogens is 1130 g/mol. The summed E-state index contributed by atoms with van der Waals surface area (Å²) in [5, 5.41) is 11.0. The summed E-state index contributed by atoms with van der Waals surface area (Å²) in [6.45, 7) is 30.4. The summed E-state index contributed by atoms with van der Waals surface area (Å²) in [4.78, 5) is 183. The molecule has 0 aliphatic carbocycles. The zero-order valence-corrected chi connectivity index (χ0v) is 57.9. The number of hydrogen-bond donors (Lipinski definition) is 4. The number of nitrogens with one attached hydrogen (secondary N) is 4. The molecule has 4 N–H and O–H groups in total. The zero-order chi connectivity index (χ0) is 68.3. The summed E-state index contributed by atoms with van der Waals surface area (Å²) in [6.07, 6.45) is 3.15. The molecule has 1 rings (SSSR count). The van der Waals surface area contributed by atoms with Crippen molar-refractivity contribution in [3.63, 3.8) is 0 Å². The number of hydrogen-bond acceptors (Lipinski definition) is 13. The van der Waals surface area contributed by atoms with Crippen LogP contribution in [0.1, 0.15) is 163 Å². The summed E-state index contributed by atoms with van der Waals surface area (Å²) in [5.41, 5.74) is 0. The van der Waals surface area contributed by atoms with Crippen molar-refractivity contribution in [2.24, 2.45) is 41.4 Å². The van der Waals surface area contributed by atoms with Gasteiger partial charge in [-0.15, -0.1) is 0 Å². The number of likely N-dealkylation sites (N-methyl/N-ethyl adjacent to an activating group) is 7. The first-order valence-corrected chi connectivity index (χ1v) is 31.4. The molecule has 24 nitrogen and oxygen atoms in total. The fourth-order valence-electron chi connectivity index (χ4n) is 11.0. The maximum absolute atomic E-state index is 15.4. The van der Waals surface area contributed by atoms with Crippen LogP contribution in [0.4, 0.5) is 0 Å². The molecule has 0 saturated carbocycles. The van der Waals surface area contributed by atoms with Gasteiger partial charge in [-0.2, -0.15) is 0 Å². The van der Waals surface area contributed by atoms with Gasteiger partial charge in [-0.05, 0) is 101 Å². The van der Waals surface area contributed by atoms with Gasteiger partial charge in [0.2, 0.25) is 65.0 Å². The molecule has 11 amide bonds. The zero-order valence-electron chi connectivity index (χ0n) is 57.9. The van der Waals surface area contributed by atoms with Gasteiger partial charge in [0, 0.05) is 56.3 Å². The van der Waals surface area contributed by atoms with Gasteiger partial charge in [0.1, 0.15) is 66.5 Å². The predicted molar refractivity (Wildman–Crippen MR) is 338 cm³/mol. The Morgan fingerprint density at radius 3 is 1.35 bits per heavy atom. The van der Waals surface area contributed by atoms with Crippen LogP contribution < -0.4 is 21.3 Å². The van der Waals surface area contributed by atoms with E-state index >= 15 is 19.2 Å². The minimum absolute atomic E-state index is 0.00279. The van der Waals surface area contributed by atoms with Crippen molar-refractivity contribution in [2.75, 3.05) is 55.9 Å². The van der Waals surface area contributed by atoms with Crippen LogP contribution in [0.5, 0.6) is 0 Å². The lowest BCUT2D eigenvalue weighted by molar-refractivity contribution is -0.164. The van der Waals surface area contributed by atoms with Gasteiger partial charge in [-0.1, -0.05) is 109 Å². The SMILES string of the molecule is CC=CC[C@@H](C)[C@@H](OC(C)=O)[C@H]1C(=O)N[C@@H](CC)C(=O)N(C)CC(=O)N(C)[C@@H](CC(C)C)C(=O)N[C@@H](C(C)C)C(=O)N(C)[C@@H](CC(C)C)C(=O)N[C@@H](C)C(=O)N[C@H](C)C(=O)N(C)[C@@H](CC(C)C)C(=O)N(C)[C@@H](CC(C)C)C(=O)N(C)[C@@H](C(C)C)C(=O)N1C. The number of carbonyl (C=O) groups excluding carboxylic acids is 12. The van der Waals surface area contributed by atoms with E-state index in [2.05, 4.69) is 21.3 Å². The first-order chi connectivity index (χ1) is 40.6. The third-order valence-electron chi connectivity index (χ3n) is 16.3. The van der Waals surface area contributed by atoms with E-state index in [0.29, 0.717) is 6.42 Å². The molecule has 0 radical (unpaired) electrons. The Morgan fingerprint density at radius 2 is 0.909 bits per heavy atom. The van der Waals surface area contributed by atoms with Gasteiger partial charge in [0.15, 0.2) is 0 Å². The number of amides is 11. The van der Waals surface area contributed by atoms with E-state index < -0.39 is 162 Å². The molecule has 0 bridgehead atoms. The Kier molecular flexibility index (Phi) is 32.6. The number of rotatable bonds is 16. The number of carbonyl (C=O) groups is 12. The molecule has 1 fully saturated rings. The average Bonchev–Trinajstić information content (AvgIpc) is 2.69. The maximum Gasteiger partial charge on any atom is 0.303 e. The third-order valence-corrected chi connectivity index (χ3v) is 16.3. The smallest absolute Gasteiger partial charge is 0.303 e. The Morgan fingerprint density at radius 1 is 0.489 bits per heavy atom. The molecule has 88 heavy (non-hydrogen) atoms. The number of ether oxygens (including phenoxy) is 1. The Labute approximate surface area is 526 Å². The number of esters is 1. The van der Waals surface area contributed by atoms with E-state index in [1.807, 2.05) is 61.5 Å². The molecule has 0 aromatic heterocycles. The van der Waals surface area contributed by atoms with Crippen molar-refractivity contribution >= 4 is 70.9 Å². The highest BCUT2D eigenvalue weighted by Crippen LogP contribution is 2.27. The van der Waals surface area contributed by atoms with Gasteiger partial charge in [0.25, 0.3) is 0 Å². The first kappa shape index (κ1) is 79.4. The quantitative estimate of drug-likeness (QED) is 0.126. The summed E-state index contributed by atoms with van der Waals surface area (Å²) in [5.74, 6) is -10.7. The lowest BCUT2D eigenvalue weighted by Crippen LogP contribution is -2.64. The number of nitrogens with zero attached hydrogens (tertiary/aromatic N) is 7. The van der Waals surface area contributed by atoms with Crippen LogP contribution in [0, 0.1) is 41.4 Å². The first-order valence-electron chi connectivity index (χ1n) is 31.4. The molecule has 1 aliphatic rings. The fraction of sp³-hybridized carbons (Fsp3) is 0.781. The summed E-state index contributed by atoms with van der Waals surface area (Å²) in [7, 11) is 9.89. The predicted octanol–water partition coefficient (Wildman–Crippen LogP) is 3.84. The second kappa shape index (κ2) is 36.1. The van der Waals surface area contributed by atoms with Crippen molar-refractivity contribution in [1.29, 1.82) is 0 Å². The topological polar surface area (TPSA) is 285 Å². The molecule has 1 heterocycles.